The summed E-state index contributed by atoms with van der Waals surface area (Å²) in [4.78, 5) is 46.7. The molecule has 0 saturated carbocycles. The van der Waals surface area contributed by atoms with E-state index in [1.165, 1.54) is 24.0 Å². The van der Waals surface area contributed by atoms with Crippen LogP contribution in [0.5, 0.6) is 0 Å². The summed E-state index contributed by atoms with van der Waals surface area (Å²) in [5.41, 5.74) is 7.20. The fraction of sp³-hybridized carbons (Fsp3) is 0.241. The van der Waals surface area contributed by atoms with Crippen molar-refractivity contribution in [1.29, 1.82) is 0 Å². The Labute approximate surface area is 220 Å². The molecule has 1 saturated heterocycles. The van der Waals surface area contributed by atoms with Gasteiger partial charge in [-0.2, -0.15) is 4.90 Å². The monoisotopic (exact) mass is 514 g/mol. The van der Waals surface area contributed by atoms with Crippen molar-refractivity contribution in [3.8, 4) is 0 Å². The summed E-state index contributed by atoms with van der Waals surface area (Å²) in [6.07, 6.45) is 0. The van der Waals surface area contributed by atoms with E-state index in [4.69, 9.17) is 5.73 Å². The average molecular weight is 515 g/mol. The topological polar surface area (TPSA) is 101 Å². The maximum Gasteiger partial charge on any atom is 0.352 e. The lowest BCUT2D eigenvalue weighted by Gasteiger charge is -2.34. The van der Waals surface area contributed by atoms with Crippen LogP contribution >= 0.6 is 0 Å². The van der Waals surface area contributed by atoms with Gasteiger partial charge < -0.3 is 9.80 Å². The molecule has 2 aliphatic rings. The summed E-state index contributed by atoms with van der Waals surface area (Å²) < 4.78 is 14.7. The van der Waals surface area contributed by atoms with E-state index in [0.717, 1.165) is 11.1 Å². The number of guanidine groups is 1. The van der Waals surface area contributed by atoms with Gasteiger partial charge in [-0.3, -0.25) is 25.1 Å². The van der Waals surface area contributed by atoms with Crippen LogP contribution in [0, 0.1) is 5.82 Å². The lowest BCUT2D eigenvalue weighted by Crippen LogP contribution is -2.85. The fourth-order valence-corrected chi connectivity index (χ4v) is 5.17. The number of carbonyl (C=O) groups excluding carboxylic acids is 3. The highest BCUT2D eigenvalue weighted by Gasteiger charge is 2.55. The van der Waals surface area contributed by atoms with Crippen LogP contribution in [0.15, 0.2) is 78.9 Å². The van der Waals surface area contributed by atoms with Crippen LogP contribution in [0.25, 0.3) is 0 Å². The molecule has 8 nitrogen and oxygen atoms in total. The van der Waals surface area contributed by atoms with Crippen molar-refractivity contribution in [2.24, 2.45) is 5.73 Å². The Bertz CT molecular complexity index is 1360. The second-order valence-electron chi connectivity index (χ2n) is 9.53. The van der Waals surface area contributed by atoms with Crippen molar-refractivity contribution in [1.82, 2.24) is 14.7 Å². The van der Waals surface area contributed by atoms with Gasteiger partial charge in [0.2, 0.25) is 11.4 Å². The van der Waals surface area contributed by atoms with E-state index in [1.807, 2.05) is 60.7 Å². The molecule has 0 aliphatic carbocycles. The molecule has 0 spiro atoms. The third kappa shape index (κ3) is 4.51. The molecule has 0 bridgehead atoms. The minimum absolute atomic E-state index is 0.0186. The molecule has 2 heterocycles. The van der Waals surface area contributed by atoms with Crippen molar-refractivity contribution >= 4 is 23.7 Å². The third-order valence-electron chi connectivity index (χ3n) is 7.14. The minimum Gasteiger partial charge on any atom is -0.339 e. The van der Waals surface area contributed by atoms with E-state index < -0.39 is 11.4 Å². The summed E-state index contributed by atoms with van der Waals surface area (Å²) in [6, 6.07) is 22.7. The summed E-state index contributed by atoms with van der Waals surface area (Å²) in [5, 5.41) is 0. The zero-order valence-corrected chi connectivity index (χ0v) is 21.1. The predicted octanol–water partition coefficient (Wildman–Crippen LogP) is 0.811. The fourth-order valence-electron chi connectivity index (χ4n) is 5.17. The van der Waals surface area contributed by atoms with Gasteiger partial charge in [0.05, 0.1) is 0 Å². The van der Waals surface area contributed by atoms with Gasteiger partial charge in [0, 0.05) is 49.8 Å². The molecule has 0 atom stereocenters. The highest BCUT2D eigenvalue weighted by molar-refractivity contribution is 6.04. The standard InChI is InChI=1S/C29H28FN5O3/c1-20(36)33-12-14-34(15-13-33)26(37)22-16-21(17-25(30)18-22)19-35-27(38)29(32-28(35)31,23-8-4-2-5-9-23)24-10-6-3-7-11-24/h2-11,16-18H,12-15,19H2,1H3,(H2,31,32)/p+1. The Balaban J connectivity index is 1.42. The molecule has 38 heavy (non-hydrogen) atoms. The molecule has 3 aromatic rings. The summed E-state index contributed by atoms with van der Waals surface area (Å²) in [7, 11) is 0. The Morgan fingerprint density at radius 2 is 1.45 bits per heavy atom. The van der Waals surface area contributed by atoms with Gasteiger partial charge >= 0.3 is 11.9 Å². The normalized spacial score (nSPS) is 16.9. The molecular weight excluding hydrogens is 485 g/mol. The van der Waals surface area contributed by atoms with E-state index in [9.17, 15) is 18.8 Å². The van der Waals surface area contributed by atoms with Gasteiger partial charge in [-0.1, -0.05) is 60.7 Å². The molecule has 0 radical (unpaired) electrons. The number of piperazine rings is 1. The maximum atomic E-state index is 14.7. The van der Waals surface area contributed by atoms with Gasteiger partial charge in [0.1, 0.15) is 12.4 Å². The van der Waals surface area contributed by atoms with Crippen molar-refractivity contribution in [2.75, 3.05) is 26.2 Å². The van der Waals surface area contributed by atoms with Crippen molar-refractivity contribution < 1.29 is 23.8 Å². The molecule has 3 amide bonds. The molecule has 3 aromatic carbocycles. The van der Waals surface area contributed by atoms with Crippen molar-refractivity contribution in [3.63, 3.8) is 0 Å². The first kappa shape index (κ1) is 25.1. The average Bonchev–Trinajstić information content (AvgIpc) is 3.19. The molecule has 0 aromatic heterocycles. The lowest BCUT2D eigenvalue weighted by molar-refractivity contribution is -0.525. The van der Waals surface area contributed by atoms with Crippen LogP contribution in [-0.2, 0) is 21.7 Å². The van der Waals surface area contributed by atoms with E-state index in [1.54, 1.807) is 15.9 Å². The van der Waals surface area contributed by atoms with Gasteiger partial charge in [-0.15, -0.1) is 0 Å². The molecule has 3 N–H and O–H groups in total. The van der Waals surface area contributed by atoms with Crippen LogP contribution in [-0.4, -0.2) is 64.6 Å². The Morgan fingerprint density at radius 1 is 0.895 bits per heavy atom. The minimum atomic E-state index is -1.24. The summed E-state index contributed by atoms with van der Waals surface area (Å²) in [6.45, 7) is 3.09. The quantitative estimate of drug-likeness (QED) is 0.526. The number of hydrogen-bond donors (Lipinski definition) is 2. The largest absolute Gasteiger partial charge is 0.352 e. The first-order chi connectivity index (χ1) is 18.3. The number of halogens is 1. The Hall–Kier alpha value is -4.53. The molecular formula is C29H29FN5O3+. The number of nitrogens with two attached hydrogens (primary N) is 1. The highest BCUT2D eigenvalue weighted by atomic mass is 19.1. The number of nitrogens with one attached hydrogen (secondary N) is 1. The van der Waals surface area contributed by atoms with Crippen LogP contribution in [0.4, 0.5) is 4.39 Å². The van der Waals surface area contributed by atoms with Crippen LogP contribution in [0.2, 0.25) is 0 Å². The van der Waals surface area contributed by atoms with Gasteiger partial charge in [0.15, 0.2) is 0 Å². The lowest BCUT2D eigenvalue weighted by atomic mass is 9.83. The number of rotatable bonds is 5. The van der Waals surface area contributed by atoms with Crippen molar-refractivity contribution in [2.45, 2.75) is 19.0 Å². The number of nitrogens with zero attached hydrogens (tertiary/aromatic N) is 3. The molecule has 5 rings (SSSR count). The van der Waals surface area contributed by atoms with Crippen molar-refractivity contribution in [3.05, 3.63) is 107 Å². The van der Waals surface area contributed by atoms with Gasteiger partial charge in [0.25, 0.3) is 5.91 Å². The first-order valence-electron chi connectivity index (χ1n) is 12.5. The maximum absolute atomic E-state index is 14.7. The Kier molecular flexibility index (Phi) is 6.67. The van der Waals surface area contributed by atoms with E-state index in [2.05, 4.69) is 4.99 Å². The molecule has 9 heteroatoms. The SMILES string of the molecule is CC(=O)N1CCN(C(=O)c2cc(F)cc(CN3C(=O)C(c4ccccc4)(c4ccccc4)[NH+]=C3N)c2)CC1. The number of carbonyl (C=O) groups is 3. The predicted molar refractivity (Wildman–Crippen MR) is 139 cm³/mol. The van der Waals surface area contributed by atoms with E-state index >= 15 is 0 Å². The Morgan fingerprint density at radius 3 is 2.00 bits per heavy atom. The van der Waals surface area contributed by atoms with Crippen LogP contribution in [0.1, 0.15) is 34.0 Å². The van der Waals surface area contributed by atoms with E-state index in [-0.39, 0.29) is 35.8 Å². The summed E-state index contributed by atoms with van der Waals surface area (Å²) >= 11 is 0. The molecule has 1 fully saturated rings. The molecule has 2 aliphatic heterocycles. The van der Waals surface area contributed by atoms with E-state index in [0.29, 0.717) is 31.7 Å². The number of hydrogen-bond acceptors (Lipinski definition) is 4. The summed E-state index contributed by atoms with van der Waals surface area (Å²) in [5.74, 6) is -1.10. The second kappa shape index (κ2) is 10.1. The van der Waals surface area contributed by atoms with Gasteiger partial charge in [-0.25, -0.2) is 4.39 Å². The number of amides is 3. The zero-order chi connectivity index (χ0) is 26.9. The smallest absolute Gasteiger partial charge is 0.339 e. The highest BCUT2D eigenvalue weighted by Crippen LogP contribution is 2.30. The number of benzene rings is 3. The zero-order valence-electron chi connectivity index (χ0n) is 21.1. The third-order valence-corrected chi connectivity index (χ3v) is 7.14. The second-order valence-corrected chi connectivity index (χ2v) is 9.53. The molecule has 194 valence electrons. The van der Waals surface area contributed by atoms with Crippen LogP contribution in [0.3, 0.4) is 0 Å². The molecule has 0 unspecified atom stereocenters. The first-order valence-corrected chi connectivity index (χ1v) is 12.5. The van der Waals surface area contributed by atoms with Gasteiger partial charge in [-0.05, 0) is 23.8 Å². The van der Waals surface area contributed by atoms with Crippen LogP contribution < -0.4 is 10.7 Å².